The first-order chi connectivity index (χ1) is 12.6. The smallest absolute Gasteiger partial charge is 0.123 e. The molecular weight excluding hydrogens is 354 g/mol. The van der Waals surface area contributed by atoms with Gasteiger partial charge >= 0.3 is 0 Å². The highest BCUT2D eigenvalue weighted by Crippen LogP contribution is 2.42. The summed E-state index contributed by atoms with van der Waals surface area (Å²) in [5.74, 6) is 0.426. The average molecular weight is 388 g/mol. The van der Waals surface area contributed by atoms with Crippen molar-refractivity contribution >= 4 is 11.3 Å². The molecule has 3 rings (SSSR count). The van der Waals surface area contributed by atoms with Gasteiger partial charge in [-0.15, -0.1) is 11.3 Å². The Kier molecular flexibility index (Phi) is 5.67. The number of rotatable bonds is 3. The van der Waals surface area contributed by atoms with E-state index in [0.29, 0.717) is 5.75 Å². The molecule has 0 radical (unpaired) electrons. The summed E-state index contributed by atoms with van der Waals surface area (Å²) in [6.07, 6.45) is 0. The van der Waals surface area contributed by atoms with E-state index in [2.05, 4.69) is 69.3 Å². The van der Waals surface area contributed by atoms with Crippen molar-refractivity contribution in [1.29, 1.82) is 0 Å². The quantitative estimate of drug-likeness (QED) is 0.813. The number of nitrogens with zero attached hydrogens (tertiary/aromatic N) is 2. The van der Waals surface area contributed by atoms with Crippen molar-refractivity contribution in [1.82, 2.24) is 15.2 Å². The lowest BCUT2D eigenvalue weighted by atomic mass is 9.78. The van der Waals surface area contributed by atoms with Gasteiger partial charge < -0.3 is 10.4 Å². The van der Waals surface area contributed by atoms with Crippen LogP contribution in [0.3, 0.4) is 0 Å². The molecule has 5 heteroatoms. The second-order valence-electron chi connectivity index (χ2n) is 9.57. The van der Waals surface area contributed by atoms with E-state index in [-0.39, 0.29) is 10.8 Å². The summed E-state index contributed by atoms with van der Waals surface area (Å²) < 4.78 is 0. The molecule has 1 aromatic carbocycles. The van der Waals surface area contributed by atoms with E-state index in [1.165, 1.54) is 0 Å². The molecule has 1 aliphatic heterocycles. The fraction of sp³-hybridized carbons (Fsp3) is 0.591. The fourth-order valence-corrected chi connectivity index (χ4v) is 4.35. The molecule has 1 fully saturated rings. The summed E-state index contributed by atoms with van der Waals surface area (Å²) in [6.45, 7) is 18.1. The zero-order chi connectivity index (χ0) is 19.8. The Morgan fingerprint density at radius 3 is 2.11 bits per heavy atom. The van der Waals surface area contributed by atoms with Crippen molar-refractivity contribution in [2.24, 2.45) is 0 Å². The first-order valence-corrected chi connectivity index (χ1v) is 10.7. The molecule has 2 heterocycles. The van der Waals surface area contributed by atoms with Gasteiger partial charge in [-0.05, 0) is 23.0 Å². The average Bonchev–Trinajstić information content (AvgIpc) is 3.02. The van der Waals surface area contributed by atoms with Gasteiger partial charge in [-0.1, -0.05) is 41.5 Å². The molecule has 2 N–H and O–H groups in total. The van der Waals surface area contributed by atoms with Gasteiger partial charge in [-0.25, -0.2) is 4.98 Å². The molecule has 0 atom stereocenters. The minimum Gasteiger partial charge on any atom is -0.507 e. The summed E-state index contributed by atoms with van der Waals surface area (Å²) in [6, 6.07) is 4.24. The van der Waals surface area contributed by atoms with Crippen LogP contribution in [0.25, 0.3) is 11.3 Å². The second kappa shape index (κ2) is 7.53. The normalized spacial score (nSPS) is 16.7. The van der Waals surface area contributed by atoms with Crippen LogP contribution in [0.15, 0.2) is 17.5 Å². The largest absolute Gasteiger partial charge is 0.507 e. The third kappa shape index (κ3) is 4.71. The van der Waals surface area contributed by atoms with E-state index >= 15 is 0 Å². The molecule has 0 aliphatic carbocycles. The lowest BCUT2D eigenvalue weighted by Gasteiger charge is -2.28. The minimum absolute atomic E-state index is 0.125. The number of phenolic OH excluding ortho intramolecular Hbond substituents is 1. The Morgan fingerprint density at radius 2 is 1.59 bits per heavy atom. The molecule has 148 valence electrons. The Labute approximate surface area is 167 Å². The van der Waals surface area contributed by atoms with Crippen LogP contribution in [0.2, 0.25) is 0 Å². The molecule has 0 amide bonds. The summed E-state index contributed by atoms with van der Waals surface area (Å²) in [5, 5.41) is 17.6. The molecule has 0 unspecified atom stereocenters. The van der Waals surface area contributed by atoms with E-state index in [0.717, 1.165) is 60.1 Å². The van der Waals surface area contributed by atoms with E-state index in [4.69, 9.17) is 4.98 Å². The van der Waals surface area contributed by atoms with Crippen molar-refractivity contribution in [3.63, 3.8) is 0 Å². The SMILES string of the molecule is CC(C)(C)c1cc(-c2csc(CN3CCNCC3)n2)cc(C(C)(C)C)c1O. The van der Waals surface area contributed by atoms with E-state index in [9.17, 15) is 5.11 Å². The van der Waals surface area contributed by atoms with Crippen molar-refractivity contribution in [2.45, 2.75) is 58.9 Å². The third-order valence-electron chi connectivity index (χ3n) is 5.14. The Balaban J connectivity index is 1.96. The fourth-order valence-electron chi connectivity index (χ4n) is 3.50. The number of hydrogen-bond donors (Lipinski definition) is 2. The molecule has 0 saturated carbocycles. The predicted molar refractivity (Wildman–Crippen MR) is 115 cm³/mol. The van der Waals surface area contributed by atoms with Crippen LogP contribution >= 0.6 is 11.3 Å². The topological polar surface area (TPSA) is 48.4 Å². The number of benzene rings is 1. The van der Waals surface area contributed by atoms with Crippen molar-refractivity contribution in [3.8, 4) is 17.0 Å². The monoisotopic (exact) mass is 387 g/mol. The first-order valence-electron chi connectivity index (χ1n) is 9.81. The maximum atomic E-state index is 10.9. The van der Waals surface area contributed by atoms with Gasteiger partial charge in [0.2, 0.25) is 0 Å². The van der Waals surface area contributed by atoms with Gasteiger partial charge in [0.05, 0.1) is 12.2 Å². The molecule has 2 aromatic rings. The highest BCUT2D eigenvalue weighted by Gasteiger charge is 2.27. The van der Waals surface area contributed by atoms with Crippen LogP contribution < -0.4 is 5.32 Å². The second-order valence-corrected chi connectivity index (χ2v) is 10.5. The van der Waals surface area contributed by atoms with Gasteiger partial charge in [0.1, 0.15) is 10.8 Å². The van der Waals surface area contributed by atoms with Crippen LogP contribution in [-0.4, -0.2) is 41.2 Å². The standard InChI is InChI=1S/C22H33N3OS/c1-21(2,3)16-11-15(12-17(20(16)26)22(4,5)6)18-14-27-19(24-18)13-25-9-7-23-8-10-25/h11-12,14,23,26H,7-10,13H2,1-6H3. The van der Waals surface area contributed by atoms with Gasteiger partial charge in [0.15, 0.2) is 0 Å². The van der Waals surface area contributed by atoms with E-state index < -0.39 is 0 Å². The van der Waals surface area contributed by atoms with Crippen molar-refractivity contribution in [3.05, 3.63) is 33.6 Å². The van der Waals surface area contributed by atoms with Gasteiger partial charge in [-0.3, -0.25) is 4.90 Å². The highest BCUT2D eigenvalue weighted by molar-refractivity contribution is 7.09. The van der Waals surface area contributed by atoms with Gasteiger partial charge in [0, 0.05) is 48.2 Å². The van der Waals surface area contributed by atoms with Gasteiger partial charge in [0.25, 0.3) is 0 Å². The molecule has 1 saturated heterocycles. The van der Waals surface area contributed by atoms with Gasteiger partial charge in [-0.2, -0.15) is 0 Å². The summed E-state index contributed by atoms with van der Waals surface area (Å²) >= 11 is 1.73. The Morgan fingerprint density at radius 1 is 1.04 bits per heavy atom. The molecule has 1 aromatic heterocycles. The zero-order valence-corrected chi connectivity index (χ0v) is 18.3. The zero-order valence-electron chi connectivity index (χ0n) is 17.5. The lowest BCUT2D eigenvalue weighted by molar-refractivity contribution is 0.233. The molecule has 1 aliphatic rings. The van der Waals surface area contributed by atoms with Crippen molar-refractivity contribution < 1.29 is 5.11 Å². The molecule has 4 nitrogen and oxygen atoms in total. The van der Waals surface area contributed by atoms with Crippen LogP contribution in [0.5, 0.6) is 5.75 Å². The number of piperazine rings is 1. The summed E-state index contributed by atoms with van der Waals surface area (Å²) in [5.41, 5.74) is 3.84. The number of phenols is 1. The van der Waals surface area contributed by atoms with Crippen molar-refractivity contribution in [2.75, 3.05) is 26.2 Å². The third-order valence-corrected chi connectivity index (χ3v) is 5.98. The molecule has 0 spiro atoms. The van der Waals surface area contributed by atoms with Crippen LogP contribution in [0, 0.1) is 0 Å². The summed E-state index contributed by atoms with van der Waals surface area (Å²) in [4.78, 5) is 7.38. The maximum Gasteiger partial charge on any atom is 0.123 e. The van der Waals surface area contributed by atoms with E-state index in [1.54, 1.807) is 11.3 Å². The van der Waals surface area contributed by atoms with Crippen LogP contribution in [0.1, 0.15) is 57.7 Å². The summed E-state index contributed by atoms with van der Waals surface area (Å²) in [7, 11) is 0. The number of hydrogen-bond acceptors (Lipinski definition) is 5. The number of thiazole rings is 1. The number of aromatic hydroxyl groups is 1. The van der Waals surface area contributed by atoms with Crippen LogP contribution in [-0.2, 0) is 17.4 Å². The highest BCUT2D eigenvalue weighted by atomic mass is 32.1. The minimum atomic E-state index is -0.125. The Bertz CT molecular complexity index is 758. The molecule has 0 bridgehead atoms. The van der Waals surface area contributed by atoms with Crippen LogP contribution in [0.4, 0.5) is 0 Å². The predicted octanol–water partition coefficient (Wildman–Crippen LogP) is 4.52. The molecule has 27 heavy (non-hydrogen) atoms. The number of aromatic nitrogens is 1. The maximum absolute atomic E-state index is 10.9. The molecular formula is C22H33N3OS. The number of nitrogens with one attached hydrogen (secondary N) is 1. The Hall–Kier alpha value is -1.43. The van der Waals surface area contributed by atoms with E-state index in [1.807, 2.05) is 0 Å². The lowest BCUT2D eigenvalue weighted by Crippen LogP contribution is -2.42. The first kappa shape index (κ1) is 20.3.